The van der Waals surface area contributed by atoms with Crippen molar-refractivity contribution >= 4 is 21.6 Å². The van der Waals surface area contributed by atoms with Gasteiger partial charge in [0.1, 0.15) is 6.54 Å². The molecule has 1 N–H and O–H groups in total. The average Bonchev–Trinajstić information content (AvgIpc) is 2.85. The average molecular weight is 509 g/mol. The number of carbonyl (C=O) groups is 1. The van der Waals surface area contributed by atoms with Crippen LogP contribution in [0.3, 0.4) is 0 Å². The molecule has 186 valence electrons. The minimum atomic E-state index is -4.69. The van der Waals surface area contributed by atoms with E-state index in [2.05, 4.69) is 5.32 Å². The van der Waals surface area contributed by atoms with Crippen LogP contribution in [0.25, 0.3) is 0 Å². The lowest BCUT2D eigenvalue weighted by Gasteiger charge is -2.25. The van der Waals surface area contributed by atoms with E-state index in [0.29, 0.717) is 27.4 Å². The van der Waals surface area contributed by atoms with E-state index in [4.69, 9.17) is 9.47 Å². The van der Waals surface area contributed by atoms with Gasteiger partial charge in [0, 0.05) is 6.54 Å². The van der Waals surface area contributed by atoms with Gasteiger partial charge in [-0.3, -0.25) is 9.10 Å². The van der Waals surface area contributed by atoms with Crippen LogP contribution >= 0.6 is 0 Å². The maximum atomic E-state index is 13.3. The van der Waals surface area contributed by atoms with Gasteiger partial charge in [0.25, 0.3) is 10.0 Å². The van der Waals surface area contributed by atoms with Gasteiger partial charge in [-0.25, -0.2) is 8.42 Å². The summed E-state index contributed by atoms with van der Waals surface area (Å²) in [6, 6.07) is 16.0. The Morgan fingerprint density at radius 3 is 2.23 bits per heavy atom. The zero-order valence-corrected chi connectivity index (χ0v) is 19.7. The monoisotopic (exact) mass is 508 g/mol. The smallest absolute Gasteiger partial charge is 0.416 e. The van der Waals surface area contributed by atoms with Crippen LogP contribution in [0.5, 0.6) is 11.5 Å². The van der Waals surface area contributed by atoms with Gasteiger partial charge in [-0.2, -0.15) is 13.2 Å². The summed E-state index contributed by atoms with van der Waals surface area (Å²) in [6.45, 7) is -0.702. The summed E-state index contributed by atoms with van der Waals surface area (Å²) in [5.41, 5.74) is -0.675. The predicted molar refractivity (Wildman–Crippen MR) is 124 cm³/mol. The van der Waals surface area contributed by atoms with Crippen molar-refractivity contribution in [2.45, 2.75) is 17.6 Å². The number of anilines is 1. The summed E-state index contributed by atoms with van der Waals surface area (Å²) in [5.74, 6) is 0.223. The van der Waals surface area contributed by atoms with E-state index in [9.17, 15) is 26.4 Å². The second-order valence-electron chi connectivity index (χ2n) is 7.34. The molecule has 35 heavy (non-hydrogen) atoms. The molecule has 7 nitrogen and oxygen atoms in total. The van der Waals surface area contributed by atoms with Crippen LogP contribution in [0.1, 0.15) is 11.1 Å². The number of methoxy groups -OCH3 is 2. The molecule has 3 rings (SSSR count). The minimum absolute atomic E-state index is 0.0288. The zero-order chi connectivity index (χ0) is 25.6. The fraction of sp³-hybridized carbons (Fsp3) is 0.208. The Kier molecular flexibility index (Phi) is 7.90. The quantitative estimate of drug-likeness (QED) is 0.468. The second-order valence-corrected chi connectivity index (χ2v) is 9.20. The van der Waals surface area contributed by atoms with Gasteiger partial charge in [-0.05, 0) is 48.0 Å². The molecule has 0 saturated carbocycles. The fourth-order valence-electron chi connectivity index (χ4n) is 3.25. The van der Waals surface area contributed by atoms with E-state index in [0.717, 1.165) is 12.1 Å². The minimum Gasteiger partial charge on any atom is -0.493 e. The number of benzene rings is 3. The lowest BCUT2D eigenvalue weighted by Crippen LogP contribution is -2.40. The molecular formula is C24H23F3N2O5S. The normalized spacial score (nSPS) is 11.6. The Morgan fingerprint density at radius 1 is 0.914 bits per heavy atom. The van der Waals surface area contributed by atoms with Gasteiger partial charge in [0.15, 0.2) is 11.5 Å². The van der Waals surface area contributed by atoms with Gasteiger partial charge in [-0.15, -0.1) is 0 Å². The molecule has 3 aromatic rings. The molecular weight excluding hydrogens is 485 g/mol. The Labute approximate surface area is 201 Å². The first-order valence-corrected chi connectivity index (χ1v) is 11.7. The number of hydrogen-bond acceptors (Lipinski definition) is 5. The fourth-order valence-corrected chi connectivity index (χ4v) is 4.68. The highest BCUT2D eigenvalue weighted by atomic mass is 32.2. The van der Waals surface area contributed by atoms with E-state index in [1.807, 2.05) is 0 Å². The van der Waals surface area contributed by atoms with Crippen LogP contribution in [0.2, 0.25) is 0 Å². The number of nitrogens with one attached hydrogen (secondary N) is 1. The van der Waals surface area contributed by atoms with Gasteiger partial charge in [0.2, 0.25) is 5.91 Å². The standard InChI is InChI=1S/C24H23F3N2O5S/c1-33-21-12-11-17(13-22(21)34-2)15-28-23(30)16-29(35(31,32)20-9-4-3-5-10-20)19-8-6-7-18(14-19)24(25,26)27/h3-14H,15-16H2,1-2H3,(H,28,30). The molecule has 1 amide bonds. The molecule has 0 aliphatic carbocycles. The summed E-state index contributed by atoms with van der Waals surface area (Å²) < 4.78 is 77.4. The Morgan fingerprint density at radius 2 is 1.60 bits per heavy atom. The summed E-state index contributed by atoms with van der Waals surface area (Å²) in [4.78, 5) is 12.6. The third-order valence-electron chi connectivity index (χ3n) is 5.02. The number of hydrogen-bond donors (Lipinski definition) is 1. The van der Waals surface area contributed by atoms with Crippen molar-refractivity contribution in [1.82, 2.24) is 5.32 Å². The topological polar surface area (TPSA) is 84.9 Å². The maximum Gasteiger partial charge on any atom is 0.416 e. The van der Waals surface area contributed by atoms with Gasteiger partial charge in [0.05, 0.1) is 30.4 Å². The number of sulfonamides is 1. The Hall–Kier alpha value is -3.73. The van der Waals surface area contributed by atoms with Crippen molar-refractivity contribution in [2.24, 2.45) is 0 Å². The Bertz CT molecular complexity index is 1280. The van der Waals surface area contributed by atoms with Crippen molar-refractivity contribution in [3.8, 4) is 11.5 Å². The number of ether oxygens (including phenoxy) is 2. The summed E-state index contributed by atoms with van der Waals surface area (Å²) in [6.07, 6.45) is -4.69. The van der Waals surface area contributed by atoms with Crippen molar-refractivity contribution in [3.63, 3.8) is 0 Å². The molecule has 0 aliphatic heterocycles. The zero-order valence-electron chi connectivity index (χ0n) is 18.9. The van der Waals surface area contributed by atoms with Crippen molar-refractivity contribution in [3.05, 3.63) is 83.9 Å². The summed E-state index contributed by atoms with van der Waals surface area (Å²) in [7, 11) is -1.40. The lowest BCUT2D eigenvalue weighted by molar-refractivity contribution is -0.137. The largest absolute Gasteiger partial charge is 0.493 e. The molecule has 0 aromatic heterocycles. The Balaban J connectivity index is 1.88. The van der Waals surface area contributed by atoms with E-state index >= 15 is 0 Å². The van der Waals surface area contributed by atoms with Gasteiger partial charge >= 0.3 is 6.18 Å². The predicted octanol–water partition coefficient (Wildman–Crippen LogP) is 4.23. The SMILES string of the molecule is COc1ccc(CNC(=O)CN(c2cccc(C(F)(F)F)c2)S(=O)(=O)c2ccccc2)cc1OC. The molecule has 0 saturated heterocycles. The van der Waals surface area contributed by atoms with E-state index in [1.165, 1.54) is 44.6 Å². The number of halogens is 3. The first-order chi connectivity index (χ1) is 16.6. The molecule has 0 fully saturated rings. The number of rotatable bonds is 9. The highest BCUT2D eigenvalue weighted by Gasteiger charge is 2.33. The molecule has 0 spiro atoms. The summed E-state index contributed by atoms with van der Waals surface area (Å²) >= 11 is 0. The molecule has 0 atom stereocenters. The van der Waals surface area contributed by atoms with Crippen molar-refractivity contribution in [2.75, 3.05) is 25.1 Å². The number of alkyl halides is 3. The summed E-state index contributed by atoms with van der Waals surface area (Å²) in [5, 5.41) is 2.59. The van der Waals surface area contributed by atoms with Crippen LogP contribution in [-0.4, -0.2) is 35.1 Å². The van der Waals surface area contributed by atoms with Crippen LogP contribution < -0.4 is 19.1 Å². The van der Waals surface area contributed by atoms with E-state index < -0.39 is 34.2 Å². The van der Waals surface area contributed by atoms with E-state index in [1.54, 1.807) is 24.3 Å². The van der Waals surface area contributed by atoms with E-state index in [-0.39, 0.29) is 17.1 Å². The molecule has 0 heterocycles. The maximum absolute atomic E-state index is 13.3. The highest BCUT2D eigenvalue weighted by molar-refractivity contribution is 7.92. The molecule has 11 heteroatoms. The van der Waals surface area contributed by atoms with Crippen LogP contribution in [0.15, 0.2) is 77.7 Å². The first-order valence-electron chi connectivity index (χ1n) is 10.3. The van der Waals surface area contributed by atoms with Crippen LogP contribution in [0.4, 0.5) is 18.9 Å². The van der Waals surface area contributed by atoms with Crippen LogP contribution in [-0.2, 0) is 27.5 Å². The first kappa shape index (κ1) is 25.9. The van der Waals surface area contributed by atoms with Gasteiger partial charge < -0.3 is 14.8 Å². The molecule has 0 unspecified atom stereocenters. The lowest BCUT2D eigenvalue weighted by atomic mass is 10.2. The molecule has 0 radical (unpaired) electrons. The number of carbonyl (C=O) groups excluding carboxylic acids is 1. The molecule has 0 bridgehead atoms. The van der Waals surface area contributed by atoms with Crippen LogP contribution in [0, 0.1) is 0 Å². The van der Waals surface area contributed by atoms with Gasteiger partial charge in [-0.1, -0.05) is 30.3 Å². The molecule has 0 aliphatic rings. The van der Waals surface area contributed by atoms with Crippen molar-refractivity contribution < 1.29 is 35.9 Å². The third-order valence-corrected chi connectivity index (χ3v) is 6.81. The number of nitrogens with zero attached hydrogens (tertiary/aromatic N) is 1. The highest BCUT2D eigenvalue weighted by Crippen LogP contribution is 2.33. The third kappa shape index (κ3) is 6.24. The van der Waals surface area contributed by atoms with Crippen molar-refractivity contribution in [1.29, 1.82) is 0 Å². The molecule has 3 aromatic carbocycles. The number of amides is 1. The second kappa shape index (κ2) is 10.7.